The molecule has 1 aromatic carbocycles. The molecule has 0 spiro atoms. The number of ether oxygens (including phenoxy) is 2. The molecule has 1 aliphatic heterocycles. The number of fused-ring (bicyclic) bond motifs is 1. The molecule has 1 aromatic rings. The molecule has 16 heavy (non-hydrogen) atoms. The average Bonchev–Trinajstić information content (AvgIpc) is 2.28. The standard InChI is InChI=1S/C12H18N2O2/c1-7-4-5-14-8-6-9(15-2)12(16-3)11(13)10(7)8/h6-7,14H,4-5,13H2,1-3H3. The van der Waals surface area contributed by atoms with Crippen molar-refractivity contribution in [3.8, 4) is 11.5 Å². The Morgan fingerprint density at radius 3 is 2.75 bits per heavy atom. The highest BCUT2D eigenvalue weighted by atomic mass is 16.5. The fourth-order valence-corrected chi connectivity index (χ4v) is 2.28. The second kappa shape index (κ2) is 4.12. The van der Waals surface area contributed by atoms with Crippen LogP contribution >= 0.6 is 0 Å². The van der Waals surface area contributed by atoms with Crippen molar-refractivity contribution < 1.29 is 9.47 Å². The van der Waals surface area contributed by atoms with E-state index in [0.29, 0.717) is 23.1 Å². The number of nitrogens with one attached hydrogen (secondary N) is 1. The van der Waals surface area contributed by atoms with Crippen molar-refractivity contribution in [1.82, 2.24) is 0 Å². The van der Waals surface area contributed by atoms with E-state index < -0.39 is 0 Å². The Morgan fingerprint density at radius 2 is 2.12 bits per heavy atom. The normalized spacial score (nSPS) is 18.6. The van der Waals surface area contributed by atoms with Crippen molar-refractivity contribution in [2.75, 3.05) is 31.8 Å². The molecular formula is C12H18N2O2. The summed E-state index contributed by atoms with van der Waals surface area (Å²) in [6.07, 6.45) is 1.09. The zero-order valence-electron chi connectivity index (χ0n) is 9.96. The number of nitrogen functional groups attached to an aromatic ring is 1. The highest BCUT2D eigenvalue weighted by molar-refractivity contribution is 5.76. The maximum absolute atomic E-state index is 6.14. The Balaban J connectivity index is 2.61. The van der Waals surface area contributed by atoms with E-state index in [0.717, 1.165) is 24.2 Å². The zero-order chi connectivity index (χ0) is 11.7. The molecule has 1 aliphatic rings. The minimum Gasteiger partial charge on any atom is -0.493 e. The highest BCUT2D eigenvalue weighted by Gasteiger charge is 2.24. The third kappa shape index (κ3) is 1.54. The van der Waals surface area contributed by atoms with Gasteiger partial charge in [-0.2, -0.15) is 0 Å². The van der Waals surface area contributed by atoms with Crippen LogP contribution in [0.4, 0.5) is 11.4 Å². The Labute approximate surface area is 95.7 Å². The van der Waals surface area contributed by atoms with Gasteiger partial charge in [0.1, 0.15) is 0 Å². The van der Waals surface area contributed by atoms with Gasteiger partial charge in [0.05, 0.1) is 19.9 Å². The van der Waals surface area contributed by atoms with E-state index in [1.807, 2.05) is 6.07 Å². The van der Waals surface area contributed by atoms with Crippen LogP contribution in [0, 0.1) is 0 Å². The molecule has 4 nitrogen and oxygen atoms in total. The topological polar surface area (TPSA) is 56.5 Å². The van der Waals surface area contributed by atoms with Crippen LogP contribution in [0.2, 0.25) is 0 Å². The van der Waals surface area contributed by atoms with Crippen molar-refractivity contribution in [2.24, 2.45) is 0 Å². The minimum absolute atomic E-state index is 0.455. The molecule has 1 atom stereocenters. The summed E-state index contributed by atoms with van der Waals surface area (Å²) in [4.78, 5) is 0. The van der Waals surface area contributed by atoms with E-state index in [4.69, 9.17) is 15.2 Å². The van der Waals surface area contributed by atoms with Crippen molar-refractivity contribution in [2.45, 2.75) is 19.3 Å². The van der Waals surface area contributed by atoms with Gasteiger partial charge in [0.15, 0.2) is 11.5 Å². The summed E-state index contributed by atoms with van der Waals surface area (Å²) in [6, 6.07) is 1.96. The van der Waals surface area contributed by atoms with Crippen LogP contribution in [-0.2, 0) is 0 Å². The molecule has 0 aliphatic carbocycles. The first-order valence-electron chi connectivity index (χ1n) is 5.47. The molecule has 1 unspecified atom stereocenters. The van der Waals surface area contributed by atoms with Crippen LogP contribution in [0.15, 0.2) is 6.07 Å². The monoisotopic (exact) mass is 222 g/mol. The lowest BCUT2D eigenvalue weighted by Gasteiger charge is -2.27. The summed E-state index contributed by atoms with van der Waals surface area (Å²) < 4.78 is 10.6. The molecular weight excluding hydrogens is 204 g/mol. The molecule has 0 radical (unpaired) electrons. The predicted molar refractivity (Wildman–Crippen MR) is 65.5 cm³/mol. The van der Waals surface area contributed by atoms with E-state index in [-0.39, 0.29) is 0 Å². The van der Waals surface area contributed by atoms with Crippen LogP contribution in [0.5, 0.6) is 11.5 Å². The summed E-state index contributed by atoms with van der Waals surface area (Å²) >= 11 is 0. The van der Waals surface area contributed by atoms with Crippen LogP contribution in [0.25, 0.3) is 0 Å². The van der Waals surface area contributed by atoms with E-state index >= 15 is 0 Å². The number of benzene rings is 1. The maximum atomic E-state index is 6.14. The average molecular weight is 222 g/mol. The van der Waals surface area contributed by atoms with Gasteiger partial charge in [0.25, 0.3) is 0 Å². The fraction of sp³-hybridized carbons (Fsp3) is 0.500. The largest absolute Gasteiger partial charge is 0.493 e. The number of rotatable bonds is 2. The number of nitrogens with two attached hydrogens (primary N) is 1. The second-order valence-electron chi connectivity index (χ2n) is 4.10. The molecule has 0 saturated carbocycles. The molecule has 88 valence electrons. The van der Waals surface area contributed by atoms with Crippen LogP contribution in [-0.4, -0.2) is 20.8 Å². The summed E-state index contributed by atoms with van der Waals surface area (Å²) in [5.74, 6) is 1.77. The van der Waals surface area contributed by atoms with Gasteiger partial charge >= 0.3 is 0 Å². The summed E-state index contributed by atoms with van der Waals surface area (Å²) in [5.41, 5.74) is 9.03. The molecule has 1 heterocycles. The molecule has 0 amide bonds. The van der Waals surface area contributed by atoms with Crippen molar-refractivity contribution >= 4 is 11.4 Å². The smallest absolute Gasteiger partial charge is 0.184 e. The Bertz CT molecular complexity index is 404. The zero-order valence-corrected chi connectivity index (χ0v) is 9.96. The summed E-state index contributed by atoms with van der Waals surface area (Å²) in [5, 5.41) is 3.34. The highest BCUT2D eigenvalue weighted by Crippen LogP contribution is 2.45. The van der Waals surface area contributed by atoms with Gasteiger partial charge in [-0.3, -0.25) is 0 Å². The Hall–Kier alpha value is -1.58. The first kappa shape index (κ1) is 10.9. The first-order valence-corrected chi connectivity index (χ1v) is 5.47. The summed E-state index contributed by atoms with van der Waals surface area (Å²) in [7, 11) is 3.23. The Kier molecular flexibility index (Phi) is 2.81. The van der Waals surface area contributed by atoms with E-state index in [2.05, 4.69) is 12.2 Å². The first-order chi connectivity index (χ1) is 7.69. The van der Waals surface area contributed by atoms with Gasteiger partial charge < -0.3 is 20.5 Å². The number of anilines is 2. The summed E-state index contributed by atoms with van der Waals surface area (Å²) in [6.45, 7) is 3.16. The van der Waals surface area contributed by atoms with Crippen LogP contribution in [0.3, 0.4) is 0 Å². The van der Waals surface area contributed by atoms with Crippen molar-refractivity contribution in [3.05, 3.63) is 11.6 Å². The molecule has 3 N–H and O–H groups in total. The van der Waals surface area contributed by atoms with Gasteiger partial charge in [0, 0.05) is 23.9 Å². The van der Waals surface area contributed by atoms with Gasteiger partial charge in [-0.25, -0.2) is 0 Å². The molecule has 0 bridgehead atoms. The van der Waals surface area contributed by atoms with Crippen LogP contribution in [0.1, 0.15) is 24.8 Å². The molecule has 0 aromatic heterocycles. The molecule has 2 rings (SSSR count). The third-order valence-corrected chi connectivity index (χ3v) is 3.13. The molecule has 0 fully saturated rings. The third-order valence-electron chi connectivity index (χ3n) is 3.13. The van der Waals surface area contributed by atoms with Crippen molar-refractivity contribution in [3.63, 3.8) is 0 Å². The maximum Gasteiger partial charge on any atom is 0.184 e. The van der Waals surface area contributed by atoms with Gasteiger partial charge in [-0.15, -0.1) is 0 Å². The second-order valence-corrected chi connectivity index (χ2v) is 4.10. The predicted octanol–water partition coefficient (Wildman–Crippen LogP) is 2.21. The minimum atomic E-state index is 0.455. The van der Waals surface area contributed by atoms with Gasteiger partial charge in [-0.1, -0.05) is 6.92 Å². The van der Waals surface area contributed by atoms with E-state index in [1.165, 1.54) is 0 Å². The lowest BCUT2D eigenvalue weighted by molar-refractivity contribution is 0.356. The van der Waals surface area contributed by atoms with E-state index in [9.17, 15) is 0 Å². The number of methoxy groups -OCH3 is 2. The number of hydrogen-bond acceptors (Lipinski definition) is 4. The SMILES string of the molecule is COc1cc2c(c(N)c1OC)C(C)CCN2. The quantitative estimate of drug-likeness (QED) is 0.753. The van der Waals surface area contributed by atoms with Gasteiger partial charge in [-0.05, 0) is 12.3 Å². The fourth-order valence-electron chi connectivity index (χ4n) is 2.28. The molecule has 4 heteroatoms. The lowest BCUT2D eigenvalue weighted by atomic mass is 9.90. The lowest BCUT2D eigenvalue weighted by Crippen LogP contribution is -2.17. The Morgan fingerprint density at radius 1 is 1.38 bits per heavy atom. The van der Waals surface area contributed by atoms with E-state index in [1.54, 1.807) is 14.2 Å². The molecule has 0 saturated heterocycles. The van der Waals surface area contributed by atoms with Crippen molar-refractivity contribution in [1.29, 1.82) is 0 Å². The van der Waals surface area contributed by atoms with Gasteiger partial charge in [0.2, 0.25) is 0 Å². The van der Waals surface area contributed by atoms with Crippen LogP contribution < -0.4 is 20.5 Å². The number of hydrogen-bond donors (Lipinski definition) is 2.